The molecule has 0 saturated heterocycles. The van der Waals surface area contributed by atoms with Crippen molar-refractivity contribution in [2.75, 3.05) is 6.61 Å². The van der Waals surface area contributed by atoms with E-state index in [4.69, 9.17) is 5.11 Å². The molecule has 0 aliphatic heterocycles. The Hall–Kier alpha value is -1.60. The quantitative estimate of drug-likeness (QED) is 0.767. The minimum Gasteiger partial charge on any atom is -0.396 e. The molecule has 0 unspecified atom stereocenters. The summed E-state index contributed by atoms with van der Waals surface area (Å²) in [4.78, 5) is 0. The first-order valence-electron chi connectivity index (χ1n) is 5.66. The number of unbranched alkanes of at least 4 members (excludes halogenated alkanes) is 1. The highest BCUT2D eigenvalue weighted by molar-refractivity contribution is 5.84. The fourth-order valence-corrected chi connectivity index (χ4v) is 1.74. The molecule has 0 saturated carbocycles. The Morgan fingerprint density at radius 2 is 1.81 bits per heavy atom. The summed E-state index contributed by atoms with van der Waals surface area (Å²) >= 11 is 0. The van der Waals surface area contributed by atoms with Crippen molar-refractivity contribution >= 4 is 16.8 Å². The second-order valence-electron chi connectivity index (χ2n) is 3.87. The molecule has 0 fully saturated rings. The van der Waals surface area contributed by atoms with Crippen LogP contribution in [-0.2, 0) is 0 Å². The number of fused-ring (bicyclic) bond motifs is 1. The van der Waals surface area contributed by atoms with Crippen LogP contribution in [0.4, 0.5) is 0 Å². The van der Waals surface area contributed by atoms with E-state index in [9.17, 15) is 0 Å². The van der Waals surface area contributed by atoms with Crippen molar-refractivity contribution in [2.24, 2.45) is 0 Å². The maximum absolute atomic E-state index is 8.67. The fourth-order valence-electron chi connectivity index (χ4n) is 1.74. The zero-order valence-corrected chi connectivity index (χ0v) is 9.26. The number of benzene rings is 2. The first kappa shape index (κ1) is 10.9. The van der Waals surface area contributed by atoms with Crippen molar-refractivity contribution in [3.63, 3.8) is 0 Å². The van der Waals surface area contributed by atoms with Crippen LogP contribution in [0.25, 0.3) is 16.8 Å². The van der Waals surface area contributed by atoms with Gasteiger partial charge in [-0.05, 0) is 35.2 Å². The molecule has 1 nitrogen and oxygen atoms in total. The van der Waals surface area contributed by atoms with Crippen molar-refractivity contribution < 1.29 is 5.11 Å². The van der Waals surface area contributed by atoms with E-state index in [0.29, 0.717) is 0 Å². The molecule has 1 N–H and O–H groups in total. The van der Waals surface area contributed by atoms with Crippen molar-refractivity contribution in [1.29, 1.82) is 0 Å². The van der Waals surface area contributed by atoms with Gasteiger partial charge in [0.2, 0.25) is 0 Å². The summed E-state index contributed by atoms with van der Waals surface area (Å²) in [6, 6.07) is 14.8. The zero-order chi connectivity index (χ0) is 11.2. The summed E-state index contributed by atoms with van der Waals surface area (Å²) in [6.07, 6.45) is 6.00. The molecule has 16 heavy (non-hydrogen) atoms. The van der Waals surface area contributed by atoms with E-state index in [1.807, 2.05) is 0 Å². The van der Waals surface area contributed by atoms with Crippen molar-refractivity contribution in [3.8, 4) is 0 Å². The highest BCUT2D eigenvalue weighted by atomic mass is 16.2. The van der Waals surface area contributed by atoms with Gasteiger partial charge in [0.25, 0.3) is 0 Å². The molecule has 2 aromatic rings. The molecule has 0 radical (unpaired) electrons. The van der Waals surface area contributed by atoms with E-state index in [2.05, 4.69) is 54.6 Å². The molecule has 0 aromatic heterocycles. The summed E-state index contributed by atoms with van der Waals surface area (Å²) in [5, 5.41) is 11.2. The van der Waals surface area contributed by atoms with Crippen molar-refractivity contribution in [2.45, 2.75) is 12.8 Å². The summed E-state index contributed by atoms with van der Waals surface area (Å²) in [6.45, 7) is 0.266. The molecule has 82 valence electrons. The second kappa shape index (κ2) is 5.47. The highest BCUT2D eigenvalue weighted by Crippen LogP contribution is 2.16. The van der Waals surface area contributed by atoms with Crippen molar-refractivity contribution in [3.05, 3.63) is 54.1 Å². The van der Waals surface area contributed by atoms with Gasteiger partial charge in [-0.25, -0.2) is 0 Å². The van der Waals surface area contributed by atoms with Gasteiger partial charge in [0.15, 0.2) is 0 Å². The molecular weight excluding hydrogens is 196 g/mol. The van der Waals surface area contributed by atoms with Crippen LogP contribution >= 0.6 is 0 Å². The zero-order valence-electron chi connectivity index (χ0n) is 9.26. The topological polar surface area (TPSA) is 20.2 Å². The van der Waals surface area contributed by atoms with Gasteiger partial charge in [-0.2, -0.15) is 0 Å². The van der Waals surface area contributed by atoms with Gasteiger partial charge in [0, 0.05) is 6.61 Å². The Morgan fingerprint density at radius 1 is 1.00 bits per heavy atom. The monoisotopic (exact) mass is 212 g/mol. The maximum Gasteiger partial charge on any atom is 0.0433 e. The maximum atomic E-state index is 8.67. The van der Waals surface area contributed by atoms with Gasteiger partial charge < -0.3 is 5.11 Å². The number of rotatable bonds is 4. The van der Waals surface area contributed by atoms with Crippen LogP contribution in [0.1, 0.15) is 18.4 Å². The molecule has 0 amide bonds. The van der Waals surface area contributed by atoms with E-state index >= 15 is 0 Å². The Kier molecular flexibility index (Phi) is 3.73. The lowest BCUT2D eigenvalue weighted by molar-refractivity contribution is 0.290. The van der Waals surface area contributed by atoms with E-state index in [1.165, 1.54) is 16.3 Å². The predicted octanol–water partition coefficient (Wildman–Crippen LogP) is 3.63. The molecule has 1 heteroatoms. The van der Waals surface area contributed by atoms with Crippen LogP contribution in [0.2, 0.25) is 0 Å². The summed E-state index contributed by atoms with van der Waals surface area (Å²) in [7, 11) is 0. The van der Waals surface area contributed by atoms with Crippen LogP contribution in [0, 0.1) is 0 Å². The summed E-state index contributed by atoms with van der Waals surface area (Å²) < 4.78 is 0. The number of aliphatic hydroxyl groups excluding tert-OH is 1. The highest BCUT2D eigenvalue weighted by Gasteiger charge is 1.92. The summed E-state index contributed by atoms with van der Waals surface area (Å²) in [5.41, 5.74) is 1.22. The molecule has 2 aromatic carbocycles. The average Bonchev–Trinajstić information content (AvgIpc) is 2.34. The van der Waals surface area contributed by atoms with Gasteiger partial charge in [0.1, 0.15) is 0 Å². The van der Waals surface area contributed by atoms with E-state index in [-0.39, 0.29) is 6.61 Å². The average molecular weight is 212 g/mol. The first-order chi connectivity index (χ1) is 7.90. The Bertz CT molecular complexity index is 486. The number of hydrogen-bond donors (Lipinski definition) is 1. The lowest BCUT2D eigenvalue weighted by atomic mass is 10.1. The van der Waals surface area contributed by atoms with Crippen molar-refractivity contribution in [1.82, 2.24) is 0 Å². The SMILES string of the molecule is OCCC/C=C/c1ccc2ccccc2c1. The fraction of sp³-hybridized carbons (Fsp3) is 0.200. The first-order valence-corrected chi connectivity index (χ1v) is 5.66. The molecule has 0 aliphatic carbocycles. The lowest BCUT2D eigenvalue weighted by Crippen LogP contribution is -1.79. The van der Waals surface area contributed by atoms with E-state index in [0.717, 1.165) is 12.8 Å². The van der Waals surface area contributed by atoms with Crippen LogP contribution in [0.15, 0.2) is 48.5 Å². The van der Waals surface area contributed by atoms with Gasteiger partial charge in [-0.15, -0.1) is 0 Å². The smallest absolute Gasteiger partial charge is 0.0433 e. The third-order valence-corrected chi connectivity index (χ3v) is 2.61. The molecule has 0 aliphatic rings. The number of aliphatic hydroxyl groups is 1. The van der Waals surface area contributed by atoms with Crippen LogP contribution in [-0.4, -0.2) is 11.7 Å². The molecule has 2 rings (SSSR count). The number of hydrogen-bond acceptors (Lipinski definition) is 1. The Morgan fingerprint density at radius 3 is 2.62 bits per heavy atom. The Balaban J connectivity index is 2.16. The van der Waals surface area contributed by atoms with Crippen LogP contribution in [0.5, 0.6) is 0 Å². The predicted molar refractivity (Wildman–Crippen MR) is 69.3 cm³/mol. The molecule has 0 heterocycles. The van der Waals surface area contributed by atoms with Crippen LogP contribution in [0.3, 0.4) is 0 Å². The minimum absolute atomic E-state index is 0.266. The third-order valence-electron chi connectivity index (χ3n) is 2.61. The molecular formula is C15H16O. The van der Waals surface area contributed by atoms with Gasteiger partial charge >= 0.3 is 0 Å². The standard InChI is InChI=1S/C15H16O/c16-11-5-1-2-6-13-9-10-14-7-3-4-8-15(14)12-13/h2-4,6-10,12,16H,1,5,11H2/b6-2+. The van der Waals surface area contributed by atoms with Crippen LogP contribution < -0.4 is 0 Å². The second-order valence-corrected chi connectivity index (χ2v) is 3.87. The lowest BCUT2D eigenvalue weighted by Gasteiger charge is -1.99. The van der Waals surface area contributed by atoms with Gasteiger partial charge in [-0.1, -0.05) is 48.6 Å². The van der Waals surface area contributed by atoms with E-state index in [1.54, 1.807) is 0 Å². The molecule has 0 atom stereocenters. The normalized spacial score (nSPS) is 11.3. The third kappa shape index (κ3) is 2.71. The summed E-state index contributed by atoms with van der Waals surface area (Å²) in [5.74, 6) is 0. The minimum atomic E-state index is 0.266. The number of allylic oxidation sites excluding steroid dienone is 1. The molecule has 0 bridgehead atoms. The Labute approximate surface area is 96.0 Å². The van der Waals surface area contributed by atoms with E-state index < -0.39 is 0 Å². The largest absolute Gasteiger partial charge is 0.396 e. The van der Waals surface area contributed by atoms with Gasteiger partial charge in [-0.3, -0.25) is 0 Å². The van der Waals surface area contributed by atoms with Gasteiger partial charge in [0.05, 0.1) is 0 Å². The molecule has 0 spiro atoms.